The van der Waals surface area contributed by atoms with Crippen molar-refractivity contribution < 1.29 is 0 Å². The van der Waals surface area contributed by atoms with Crippen molar-refractivity contribution in [1.82, 2.24) is 10.3 Å². The predicted molar refractivity (Wildman–Crippen MR) is 70.0 cm³/mol. The maximum atomic E-state index is 4.37. The number of nitrogens with zero attached hydrogens (tertiary/aromatic N) is 1. The molecular formula is C13H22N2S. The van der Waals surface area contributed by atoms with Crippen molar-refractivity contribution >= 4 is 11.3 Å². The minimum absolute atomic E-state index is 0.553. The Morgan fingerprint density at radius 2 is 2.44 bits per heavy atom. The molecule has 3 unspecified atom stereocenters. The van der Waals surface area contributed by atoms with Crippen LogP contribution in [-0.2, 0) is 0 Å². The molecule has 0 aromatic carbocycles. The Morgan fingerprint density at radius 1 is 1.56 bits per heavy atom. The van der Waals surface area contributed by atoms with E-state index in [1.165, 1.54) is 30.7 Å². The number of hydrogen-bond donors (Lipinski definition) is 1. The third-order valence-electron chi connectivity index (χ3n) is 3.52. The van der Waals surface area contributed by atoms with E-state index in [9.17, 15) is 0 Å². The lowest BCUT2D eigenvalue weighted by atomic mass is 9.87. The number of rotatable bonds is 4. The van der Waals surface area contributed by atoms with Gasteiger partial charge in [0.15, 0.2) is 0 Å². The van der Waals surface area contributed by atoms with E-state index in [2.05, 4.69) is 29.5 Å². The van der Waals surface area contributed by atoms with Gasteiger partial charge in [0, 0.05) is 30.1 Å². The summed E-state index contributed by atoms with van der Waals surface area (Å²) in [5.74, 6) is 1.46. The standard InChI is InChI=1S/C13H22N2S/c1-10-4-3-5-12(8-10)15-9-11(2)13-14-6-7-16-13/h6-7,10-12,15H,3-5,8-9H2,1-2H3. The normalized spacial score (nSPS) is 27.9. The molecule has 1 N–H and O–H groups in total. The fourth-order valence-electron chi connectivity index (χ4n) is 2.53. The molecule has 16 heavy (non-hydrogen) atoms. The highest BCUT2D eigenvalue weighted by atomic mass is 32.1. The largest absolute Gasteiger partial charge is 0.313 e. The smallest absolute Gasteiger partial charge is 0.0965 e. The molecule has 1 aliphatic rings. The van der Waals surface area contributed by atoms with Gasteiger partial charge in [0.25, 0.3) is 0 Å². The SMILES string of the molecule is CC1CCCC(NCC(C)c2nccs2)C1. The van der Waals surface area contributed by atoms with Crippen molar-refractivity contribution in [3.63, 3.8) is 0 Å². The molecule has 0 bridgehead atoms. The van der Waals surface area contributed by atoms with Crippen LogP contribution in [0.2, 0.25) is 0 Å². The third-order valence-corrected chi connectivity index (χ3v) is 4.53. The molecule has 1 aliphatic carbocycles. The van der Waals surface area contributed by atoms with Gasteiger partial charge >= 0.3 is 0 Å². The first kappa shape index (κ1) is 12.1. The van der Waals surface area contributed by atoms with Crippen molar-refractivity contribution in [3.05, 3.63) is 16.6 Å². The van der Waals surface area contributed by atoms with Crippen LogP contribution in [0.5, 0.6) is 0 Å². The highest BCUT2D eigenvalue weighted by Crippen LogP contribution is 2.24. The molecule has 0 amide bonds. The molecule has 2 nitrogen and oxygen atoms in total. The van der Waals surface area contributed by atoms with Crippen LogP contribution >= 0.6 is 11.3 Å². The first-order chi connectivity index (χ1) is 7.75. The molecule has 1 aromatic rings. The first-order valence-electron chi connectivity index (χ1n) is 6.38. The monoisotopic (exact) mass is 238 g/mol. The van der Waals surface area contributed by atoms with E-state index < -0.39 is 0 Å². The van der Waals surface area contributed by atoms with Crippen LogP contribution in [0.4, 0.5) is 0 Å². The Labute approximate surface area is 102 Å². The minimum Gasteiger partial charge on any atom is -0.313 e. The van der Waals surface area contributed by atoms with E-state index in [1.54, 1.807) is 11.3 Å². The lowest BCUT2D eigenvalue weighted by molar-refractivity contribution is 0.299. The molecule has 0 radical (unpaired) electrons. The lowest BCUT2D eigenvalue weighted by Crippen LogP contribution is -2.35. The van der Waals surface area contributed by atoms with Crippen LogP contribution in [0.15, 0.2) is 11.6 Å². The minimum atomic E-state index is 0.553. The van der Waals surface area contributed by atoms with E-state index in [4.69, 9.17) is 0 Å². The van der Waals surface area contributed by atoms with Crippen molar-refractivity contribution in [1.29, 1.82) is 0 Å². The average Bonchev–Trinajstić information content (AvgIpc) is 2.79. The summed E-state index contributed by atoms with van der Waals surface area (Å²) in [6, 6.07) is 0.742. The molecule has 0 saturated heterocycles. The van der Waals surface area contributed by atoms with Gasteiger partial charge in [-0.3, -0.25) is 0 Å². The van der Waals surface area contributed by atoms with Crippen molar-refractivity contribution in [3.8, 4) is 0 Å². The Hall–Kier alpha value is -0.410. The maximum Gasteiger partial charge on any atom is 0.0965 e. The second-order valence-electron chi connectivity index (χ2n) is 5.15. The van der Waals surface area contributed by atoms with Crippen molar-refractivity contribution in [2.24, 2.45) is 5.92 Å². The number of thiazole rings is 1. The summed E-state index contributed by atoms with van der Waals surface area (Å²) >= 11 is 1.77. The summed E-state index contributed by atoms with van der Waals surface area (Å²) in [6.07, 6.45) is 7.42. The van der Waals surface area contributed by atoms with Gasteiger partial charge in [-0.15, -0.1) is 11.3 Å². The third kappa shape index (κ3) is 3.29. The predicted octanol–water partition coefficient (Wildman–Crippen LogP) is 3.41. The molecule has 1 fully saturated rings. The van der Waals surface area contributed by atoms with E-state index in [0.717, 1.165) is 18.5 Å². The van der Waals surface area contributed by atoms with Gasteiger partial charge in [0.1, 0.15) is 0 Å². The molecule has 2 rings (SSSR count). The summed E-state index contributed by atoms with van der Waals surface area (Å²) in [4.78, 5) is 4.37. The highest BCUT2D eigenvalue weighted by Gasteiger charge is 2.19. The van der Waals surface area contributed by atoms with Crippen LogP contribution in [-0.4, -0.2) is 17.6 Å². The van der Waals surface area contributed by atoms with Crippen LogP contribution < -0.4 is 5.32 Å². The molecule has 3 atom stereocenters. The molecule has 0 spiro atoms. The van der Waals surface area contributed by atoms with Crippen molar-refractivity contribution in [2.45, 2.75) is 51.5 Å². The van der Waals surface area contributed by atoms with Gasteiger partial charge in [0.2, 0.25) is 0 Å². The summed E-state index contributed by atoms with van der Waals surface area (Å²) < 4.78 is 0. The second-order valence-corrected chi connectivity index (χ2v) is 6.07. The molecule has 1 saturated carbocycles. The van der Waals surface area contributed by atoms with Gasteiger partial charge in [-0.05, 0) is 18.8 Å². The van der Waals surface area contributed by atoms with Crippen LogP contribution in [0.3, 0.4) is 0 Å². The Morgan fingerprint density at radius 3 is 3.12 bits per heavy atom. The number of hydrogen-bond acceptors (Lipinski definition) is 3. The molecule has 1 aromatic heterocycles. The van der Waals surface area contributed by atoms with Gasteiger partial charge in [-0.1, -0.05) is 26.7 Å². The quantitative estimate of drug-likeness (QED) is 0.869. The van der Waals surface area contributed by atoms with Crippen LogP contribution in [0.25, 0.3) is 0 Å². The van der Waals surface area contributed by atoms with Gasteiger partial charge in [-0.25, -0.2) is 4.98 Å². The van der Waals surface area contributed by atoms with Gasteiger partial charge < -0.3 is 5.32 Å². The summed E-state index contributed by atoms with van der Waals surface area (Å²) in [7, 11) is 0. The topological polar surface area (TPSA) is 24.9 Å². The highest BCUT2D eigenvalue weighted by molar-refractivity contribution is 7.09. The fourth-order valence-corrected chi connectivity index (χ4v) is 3.23. The number of nitrogens with one attached hydrogen (secondary N) is 1. The molecule has 3 heteroatoms. The zero-order valence-corrected chi connectivity index (χ0v) is 11.1. The van der Waals surface area contributed by atoms with E-state index in [-0.39, 0.29) is 0 Å². The number of aromatic nitrogens is 1. The fraction of sp³-hybridized carbons (Fsp3) is 0.769. The Balaban J connectivity index is 1.74. The van der Waals surface area contributed by atoms with E-state index in [1.807, 2.05) is 6.20 Å². The lowest BCUT2D eigenvalue weighted by Gasteiger charge is -2.28. The van der Waals surface area contributed by atoms with Crippen molar-refractivity contribution in [2.75, 3.05) is 6.54 Å². The molecule has 1 heterocycles. The van der Waals surface area contributed by atoms with E-state index in [0.29, 0.717) is 5.92 Å². The Bertz CT molecular complexity index is 297. The zero-order chi connectivity index (χ0) is 11.4. The van der Waals surface area contributed by atoms with E-state index >= 15 is 0 Å². The summed E-state index contributed by atoms with van der Waals surface area (Å²) in [5, 5.41) is 7.03. The van der Waals surface area contributed by atoms with Crippen LogP contribution in [0, 0.1) is 5.92 Å². The first-order valence-corrected chi connectivity index (χ1v) is 7.26. The second kappa shape index (κ2) is 5.78. The summed E-state index contributed by atoms with van der Waals surface area (Å²) in [5.41, 5.74) is 0. The average molecular weight is 238 g/mol. The molecule has 90 valence electrons. The van der Waals surface area contributed by atoms with Gasteiger partial charge in [0.05, 0.1) is 5.01 Å². The maximum absolute atomic E-state index is 4.37. The molecule has 0 aliphatic heterocycles. The van der Waals surface area contributed by atoms with Crippen LogP contribution in [0.1, 0.15) is 50.5 Å². The molecular weight excluding hydrogens is 216 g/mol. The zero-order valence-electron chi connectivity index (χ0n) is 10.3. The summed E-state index contributed by atoms with van der Waals surface area (Å²) in [6.45, 7) is 5.71. The Kier molecular flexibility index (Phi) is 4.36. The van der Waals surface area contributed by atoms with Gasteiger partial charge in [-0.2, -0.15) is 0 Å².